The first-order valence-electron chi connectivity index (χ1n) is 9.69. The summed E-state index contributed by atoms with van der Waals surface area (Å²) in [5, 5.41) is 10.4. The van der Waals surface area contributed by atoms with E-state index >= 15 is 0 Å². The molecule has 1 N–H and O–H groups in total. The van der Waals surface area contributed by atoms with Gasteiger partial charge >= 0.3 is 0 Å². The zero-order valence-electron chi connectivity index (χ0n) is 17.3. The molecule has 0 spiro atoms. The summed E-state index contributed by atoms with van der Waals surface area (Å²) in [7, 11) is 3.07. The summed E-state index contributed by atoms with van der Waals surface area (Å²) in [6.07, 6.45) is 1.81. The van der Waals surface area contributed by atoms with E-state index in [9.17, 15) is 9.90 Å². The Kier molecular flexibility index (Phi) is 6.44. The van der Waals surface area contributed by atoms with E-state index in [4.69, 9.17) is 14.2 Å². The predicted octanol–water partition coefficient (Wildman–Crippen LogP) is 3.91. The molecule has 154 valence electrons. The van der Waals surface area contributed by atoms with Gasteiger partial charge in [-0.15, -0.1) is 0 Å². The van der Waals surface area contributed by atoms with Crippen LogP contribution in [0, 0.1) is 0 Å². The van der Waals surface area contributed by atoms with Gasteiger partial charge in [-0.05, 0) is 36.9 Å². The van der Waals surface area contributed by atoms with E-state index in [0.717, 1.165) is 24.2 Å². The molecule has 0 saturated carbocycles. The van der Waals surface area contributed by atoms with Gasteiger partial charge in [0.2, 0.25) is 0 Å². The van der Waals surface area contributed by atoms with Crippen molar-refractivity contribution in [1.29, 1.82) is 0 Å². The molecule has 29 heavy (non-hydrogen) atoms. The van der Waals surface area contributed by atoms with Crippen LogP contribution >= 0.6 is 0 Å². The molecule has 0 radical (unpaired) electrons. The predicted molar refractivity (Wildman–Crippen MR) is 112 cm³/mol. The fourth-order valence-electron chi connectivity index (χ4n) is 3.42. The fourth-order valence-corrected chi connectivity index (χ4v) is 3.42. The lowest BCUT2D eigenvalue weighted by Crippen LogP contribution is -2.23. The second kappa shape index (κ2) is 9.01. The number of benzene rings is 2. The summed E-state index contributed by atoms with van der Waals surface area (Å²) in [4.78, 5) is 15.3. The SMILES string of the molecule is CCN(CC)Cc1c(O)cccc1/C=C1\COc2cc(OC)c(OC)cc2C1=O. The van der Waals surface area contributed by atoms with Crippen LogP contribution in [-0.2, 0) is 6.54 Å². The molecule has 0 aliphatic carbocycles. The second-order valence-corrected chi connectivity index (χ2v) is 6.80. The van der Waals surface area contributed by atoms with Crippen LogP contribution in [0.3, 0.4) is 0 Å². The van der Waals surface area contributed by atoms with E-state index in [1.54, 1.807) is 37.5 Å². The van der Waals surface area contributed by atoms with Crippen LogP contribution in [0.1, 0.15) is 35.3 Å². The number of hydrogen-bond donors (Lipinski definition) is 1. The van der Waals surface area contributed by atoms with Gasteiger partial charge in [0, 0.05) is 23.7 Å². The summed E-state index contributed by atoms with van der Waals surface area (Å²) in [5.74, 6) is 1.57. The number of ketones is 1. The van der Waals surface area contributed by atoms with Gasteiger partial charge in [-0.3, -0.25) is 9.69 Å². The number of Topliss-reactive ketones (excluding diaryl/α,β-unsaturated/α-hetero) is 1. The molecule has 1 aliphatic rings. The monoisotopic (exact) mass is 397 g/mol. The van der Waals surface area contributed by atoms with E-state index in [2.05, 4.69) is 18.7 Å². The van der Waals surface area contributed by atoms with Crippen molar-refractivity contribution >= 4 is 11.9 Å². The lowest BCUT2D eigenvalue weighted by Gasteiger charge is -2.22. The van der Waals surface area contributed by atoms with Crippen molar-refractivity contribution in [2.45, 2.75) is 20.4 Å². The Morgan fingerprint density at radius 2 is 1.83 bits per heavy atom. The number of carbonyl (C=O) groups excluding carboxylic acids is 1. The molecule has 0 fully saturated rings. The number of aromatic hydroxyl groups is 1. The number of fused-ring (bicyclic) bond motifs is 1. The normalized spacial score (nSPS) is 14.7. The zero-order valence-corrected chi connectivity index (χ0v) is 17.3. The van der Waals surface area contributed by atoms with Crippen LogP contribution in [0.5, 0.6) is 23.0 Å². The Morgan fingerprint density at radius 3 is 2.48 bits per heavy atom. The van der Waals surface area contributed by atoms with Gasteiger partial charge in [-0.2, -0.15) is 0 Å². The van der Waals surface area contributed by atoms with E-state index in [1.807, 2.05) is 6.07 Å². The highest BCUT2D eigenvalue weighted by molar-refractivity contribution is 6.14. The van der Waals surface area contributed by atoms with Crippen LogP contribution in [0.25, 0.3) is 6.08 Å². The molecule has 2 aromatic rings. The lowest BCUT2D eigenvalue weighted by molar-refractivity contribution is 0.1000. The third kappa shape index (κ3) is 4.22. The van der Waals surface area contributed by atoms with E-state index < -0.39 is 0 Å². The van der Waals surface area contributed by atoms with E-state index in [0.29, 0.717) is 34.9 Å². The number of phenolic OH excluding ortho intramolecular Hbond substituents is 1. The summed E-state index contributed by atoms with van der Waals surface area (Å²) in [6.45, 7) is 6.67. The van der Waals surface area contributed by atoms with Gasteiger partial charge < -0.3 is 19.3 Å². The minimum Gasteiger partial charge on any atom is -0.508 e. The first kappa shape index (κ1) is 20.7. The van der Waals surface area contributed by atoms with Crippen molar-refractivity contribution in [2.24, 2.45) is 0 Å². The first-order chi connectivity index (χ1) is 14.0. The largest absolute Gasteiger partial charge is 0.508 e. The maximum Gasteiger partial charge on any atom is 0.196 e. The highest BCUT2D eigenvalue weighted by Gasteiger charge is 2.26. The van der Waals surface area contributed by atoms with Gasteiger partial charge in [0.15, 0.2) is 17.3 Å². The molecule has 1 aliphatic heterocycles. The van der Waals surface area contributed by atoms with Crippen LogP contribution < -0.4 is 14.2 Å². The molecule has 0 bridgehead atoms. The molecule has 0 saturated heterocycles. The molecule has 0 amide bonds. The fraction of sp³-hybridized carbons (Fsp3) is 0.348. The van der Waals surface area contributed by atoms with Gasteiger partial charge in [0.05, 0.1) is 19.8 Å². The Hall–Kier alpha value is -2.99. The Labute approximate surface area is 171 Å². The maximum atomic E-state index is 13.1. The summed E-state index contributed by atoms with van der Waals surface area (Å²) < 4.78 is 16.4. The summed E-state index contributed by atoms with van der Waals surface area (Å²) in [5.41, 5.74) is 2.57. The molecular formula is C23H27NO5. The highest BCUT2D eigenvalue weighted by atomic mass is 16.5. The number of carbonyl (C=O) groups is 1. The smallest absolute Gasteiger partial charge is 0.196 e. The average Bonchev–Trinajstić information content (AvgIpc) is 2.74. The summed E-state index contributed by atoms with van der Waals surface area (Å²) in [6, 6.07) is 8.67. The number of phenols is 1. The number of rotatable bonds is 7. The third-order valence-electron chi connectivity index (χ3n) is 5.20. The maximum absolute atomic E-state index is 13.1. The van der Waals surface area contributed by atoms with Crippen molar-refractivity contribution in [3.8, 4) is 23.0 Å². The minimum atomic E-state index is -0.121. The molecule has 3 rings (SSSR count). The molecule has 2 aromatic carbocycles. The van der Waals surface area contributed by atoms with Gasteiger partial charge in [-0.1, -0.05) is 26.0 Å². The van der Waals surface area contributed by atoms with Gasteiger partial charge in [0.25, 0.3) is 0 Å². The second-order valence-electron chi connectivity index (χ2n) is 6.80. The molecule has 6 nitrogen and oxygen atoms in total. The van der Waals surface area contributed by atoms with Crippen molar-refractivity contribution in [1.82, 2.24) is 4.90 Å². The summed E-state index contributed by atoms with van der Waals surface area (Å²) >= 11 is 0. The molecule has 6 heteroatoms. The average molecular weight is 397 g/mol. The zero-order chi connectivity index (χ0) is 21.0. The molecule has 0 unspecified atom stereocenters. The van der Waals surface area contributed by atoms with E-state index in [1.165, 1.54) is 7.11 Å². The third-order valence-corrected chi connectivity index (χ3v) is 5.20. The van der Waals surface area contributed by atoms with Crippen LogP contribution in [-0.4, -0.2) is 49.7 Å². The number of methoxy groups -OCH3 is 2. The van der Waals surface area contributed by atoms with Crippen molar-refractivity contribution in [3.63, 3.8) is 0 Å². The first-order valence-corrected chi connectivity index (χ1v) is 9.69. The molecule has 1 heterocycles. The standard InChI is InChI=1S/C23H27NO5/c1-5-24(6-2)13-18-15(8-7-9-19(18)25)10-16-14-29-20-12-22(28-4)21(27-3)11-17(20)23(16)26/h7-12,25H,5-6,13-14H2,1-4H3/b16-10+. The van der Waals surface area contributed by atoms with Crippen molar-refractivity contribution in [3.05, 3.63) is 52.6 Å². The van der Waals surface area contributed by atoms with Gasteiger partial charge in [0.1, 0.15) is 18.1 Å². The van der Waals surface area contributed by atoms with Crippen LogP contribution in [0.4, 0.5) is 0 Å². The Balaban J connectivity index is 1.99. The molecule has 0 atom stereocenters. The quantitative estimate of drug-likeness (QED) is 0.715. The van der Waals surface area contributed by atoms with Crippen molar-refractivity contribution < 1.29 is 24.1 Å². The number of nitrogens with zero attached hydrogens (tertiary/aromatic N) is 1. The Bertz CT molecular complexity index is 931. The molecular weight excluding hydrogens is 370 g/mol. The number of ether oxygens (including phenoxy) is 3. The highest BCUT2D eigenvalue weighted by Crippen LogP contribution is 2.38. The van der Waals surface area contributed by atoms with E-state index in [-0.39, 0.29) is 18.1 Å². The minimum absolute atomic E-state index is 0.121. The van der Waals surface area contributed by atoms with Gasteiger partial charge in [-0.25, -0.2) is 0 Å². The lowest BCUT2D eigenvalue weighted by atomic mass is 9.96. The van der Waals surface area contributed by atoms with Crippen molar-refractivity contribution in [2.75, 3.05) is 33.9 Å². The topological polar surface area (TPSA) is 68.2 Å². The van der Waals surface area contributed by atoms with Crippen LogP contribution in [0.15, 0.2) is 35.9 Å². The number of hydrogen-bond acceptors (Lipinski definition) is 6. The molecule has 0 aromatic heterocycles. The van der Waals surface area contributed by atoms with Crippen LogP contribution in [0.2, 0.25) is 0 Å². The Morgan fingerprint density at radius 1 is 1.14 bits per heavy atom.